The standard InChI is InChI=1S/C37H62N6O2/c1-5-7-9-11-13-27-42(3)29-15-25-38-36(44)40-34-21-17-32(18-22-34)31-33-19-23-35(24-20-33)41-37(45)39-26-16-30-43(4)28-14-12-10-8-6-2/h17-24H,5-16,25-31H2,1-4H3,(H2,38,40,44)(H2,39,41,45). The van der Waals surface area contributed by atoms with Gasteiger partial charge in [-0.2, -0.15) is 0 Å². The Morgan fingerprint density at radius 3 is 1.24 bits per heavy atom. The molecule has 0 heterocycles. The summed E-state index contributed by atoms with van der Waals surface area (Å²) in [5.74, 6) is 0. The van der Waals surface area contributed by atoms with E-state index in [9.17, 15) is 9.59 Å². The molecule has 0 fully saturated rings. The van der Waals surface area contributed by atoms with Crippen LogP contribution in [0, 0.1) is 0 Å². The van der Waals surface area contributed by atoms with Crippen LogP contribution in [0.15, 0.2) is 48.5 Å². The maximum atomic E-state index is 12.3. The van der Waals surface area contributed by atoms with Crippen LogP contribution in [-0.4, -0.2) is 75.2 Å². The second-order valence-corrected chi connectivity index (χ2v) is 12.5. The maximum absolute atomic E-state index is 12.3. The predicted molar refractivity (Wildman–Crippen MR) is 191 cm³/mol. The van der Waals surface area contributed by atoms with Gasteiger partial charge in [0.15, 0.2) is 0 Å². The van der Waals surface area contributed by atoms with Gasteiger partial charge in [-0.15, -0.1) is 0 Å². The van der Waals surface area contributed by atoms with Crippen LogP contribution in [0.2, 0.25) is 0 Å². The summed E-state index contributed by atoms with van der Waals surface area (Å²) in [4.78, 5) is 29.3. The summed E-state index contributed by atoms with van der Waals surface area (Å²) in [6.45, 7) is 10.0. The number of unbranched alkanes of at least 4 members (excludes halogenated alkanes) is 8. The molecule has 0 saturated carbocycles. The average molecular weight is 623 g/mol. The molecule has 0 bridgehead atoms. The molecule has 2 aromatic carbocycles. The quantitative estimate of drug-likeness (QED) is 0.0891. The number of hydrogen-bond acceptors (Lipinski definition) is 4. The van der Waals surface area contributed by atoms with Crippen molar-refractivity contribution < 1.29 is 9.59 Å². The van der Waals surface area contributed by atoms with E-state index in [0.29, 0.717) is 13.1 Å². The van der Waals surface area contributed by atoms with Crippen LogP contribution in [0.4, 0.5) is 21.0 Å². The monoisotopic (exact) mass is 622 g/mol. The first-order chi connectivity index (χ1) is 21.9. The summed E-state index contributed by atoms with van der Waals surface area (Å²) in [5.41, 5.74) is 3.87. The van der Waals surface area contributed by atoms with Crippen LogP contribution < -0.4 is 21.3 Å². The maximum Gasteiger partial charge on any atom is 0.319 e. The minimum atomic E-state index is -0.169. The number of urea groups is 2. The van der Waals surface area contributed by atoms with Crippen molar-refractivity contribution in [1.82, 2.24) is 20.4 Å². The zero-order valence-electron chi connectivity index (χ0n) is 28.8. The summed E-state index contributed by atoms with van der Waals surface area (Å²) in [7, 11) is 4.31. The molecule has 0 aliphatic carbocycles. The van der Waals surface area contributed by atoms with E-state index in [1.807, 2.05) is 48.5 Å². The molecule has 4 N–H and O–H groups in total. The first-order valence-corrected chi connectivity index (χ1v) is 17.5. The van der Waals surface area contributed by atoms with Crippen molar-refractivity contribution in [2.24, 2.45) is 0 Å². The lowest BCUT2D eigenvalue weighted by Gasteiger charge is -2.16. The smallest absolute Gasteiger partial charge is 0.319 e. The Bertz CT molecular complexity index is 960. The van der Waals surface area contributed by atoms with E-state index < -0.39 is 0 Å². The highest BCUT2D eigenvalue weighted by Crippen LogP contribution is 2.16. The molecule has 2 rings (SSSR count). The summed E-state index contributed by atoms with van der Waals surface area (Å²) in [6, 6.07) is 15.6. The molecular weight excluding hydrogens is 560 g/mol. The molecule has 45 heavy (non-hydrogen) atoms. The number of carbonyl (C=O) groups is 2. The van der Waals surface area contributed by atoms with Gasteiger partial charge < -0.3 is 31.1 Å². The fraction of sp³-hybridized carbons (Fsp3) is 0.622. The van der Waals surface area contributed by atoms with E-state index in [2.05, 4.69) is 59.0 Å². The normalized spacial score (nSPS) is 11.2. The van der Waals surface area contributed by atoms with Crippen LogP contribution in [-0.2, 0) is 6.42 Å². The van der Waals surface area contributed by atoms with Crippen molar-refractivity contribution in [2.45, 2.75) is 97.3 Å². The third-order valence-corrected chi connectivity index (χ3v) is 8.12. The van der Waals surface area contributed by atoms with Crippen molar-refractivity contribution in [1.29, 1.82) is 0 Å². The molecule has 2 aromatic rings. The fourth-order valence-corrected chi connectivity index (χ4v) is 5.29. The van der Waals surface area contributed by atoms with Crippen LogP contribution in [0.5, 0.6) is 0 Å². The summed E-state index contributed by atoms with van der Waals surface area (Å²) in [6.07, 6.45) is 15.6. The van der Waals surface area contributed by atoms with Gasteiger partial charge in [0.05, 0.1) is 0 Å². The molecule has 8 heteroatoms. The van der Waals surface area contributed by atoms with Gasteiger partial charge in [0.25, 0.3) is 0 Å². The van der Waals surface area contributed by atoms with Crippen LogP contribution >= 0.6 is 0 Å². The molecular formula is C37H62N6O2. The van der Waals surface area contributed by atoms with Crippen molar-refractivity contribution in [2.75, 3.05) is 64.0 Å². The van der Waals surface area contributed by atoms with E-state index in [0.717, 1.165) is 67.9 Å². The van der Waals surface area contributed by atoms with Gasteiger partial charge in [-0.3, -0.25) is 0 Å². The summed E-state index contributed by atoms with van der Waals surface area (Å²) >= 11 is 0. The van der Waals surface area contributed by atoms with Gasteiger partial charge in [-0.05, 0) is 108 Å². The number of nitrogens with one attached hydrogen (secondary N) is 4. The number of carbonyl (C=O) groups excluding carboxylic acids is 2. The zero-order valence-corrected chi connectivity index (χ0v) is 28.8. The molecule has 0 atom stereocenters. The topological polar surface area (TPSA) is 88.7 Å². The Hall–Kier alpha value is -3.10. The van der Waals surface area contributed by atoms with E-state index in [4.69, 9.17) is 0 Å². The molecule has 0 spiro atoms. The first kappa shape index (κ1) is 38.1. The van der Waals surface area contributed by atoms with Gasteiger partial charge >= 0.3 is 12.1 Å². The Labute approximate surface area is 274 Å². The lowest BCUT2D eigenvalue weighted by molar-refractivity contribution is 0.250. The van der Waals surface area contributed by atoms with Gasteiger partial charge in [0.1, 0.15) is 0 Å². The van der Waals surface area contributed by atoms with Crippen LogP contribution in [0.25, 0.3) is 0 Å². The fourth-order valence-electron chi connectivity index (χ4n) is 5.29. The lowest BCUT2D eigenvalue weighted by atomic mass is 10.0. The lowest BCUT2D eigenvalue weighted by Crippen LogP contribution is -2.31. The molecule has 0 radical (unpaired) electrons. The molecule has 0 aliphatic rings. The number of amides is 4. The second kappa shape index (κ2) is 24.2. The minimum Gasteiger partial charge on any atom is -0.338 e. The van der Waals surface area contributed by atoms with Crippen LogP contribution in [0.3, 0.4) is 0 Å². The summed E-state index contributed by atoms with van der Waals surface area (Å²) in [5, 5.41) is 11.8. The Morgan fingerprint density at radius 2 is 0.867 bits per heavy atom. The highest BCUT2D eigenvalue weighted by Gasteiger charge is 2.06. The van der Waals surface area contributed by atoms with Gasteiger partial charge in [0.2, 0.25) is 0 Å². The third-order valence-electron chi connectivity index (χ3n) is 8.12. The molecule has 0 unspecified atom stereocenters. The highest BCUT2D eigenvalue weighted by molar-refractivity contribution is 5.89. The van der Waals surface area contributed by atoms with Crippen molar-refractivity contribution >= 4 is 23.4 Å². The number of anilines is 2. The van der Waals surface area contributed by atoms with E-state index in [-0.39, 0.29) is 12.1 Å². The average Bonchev–Trinajstić information content (AvgIpc) is 3.03. The molecule has 0 aromatic heterocycles. The van der Waals surface area contributed by atoms with Gasteiger partial charge in [-0.25, -0.2) is 9.59 Å². The molecule has 4 amide bonds. The third kappa shape index (κ3) is 19.1. The van der Waals surface area contributed by atoms with E-state index in [1.165, 1.54) is 64.2 Å². The number of rotatable bonds is 24. The van der Waals surface area contributed by atoms with Gasteiger partial charge in [-0.1, -0.05) is 89.5 Å². The largest absolute Gasteiger partial charge is 0.338 e. The molecule has 0 aliphatic heterocycles. The first-order valence-electron chi connectivity index (χ1n) is 17.5. The zero-order chi connectivity index (χ0) is 32.5. The SMILES string of the molecule is CCCCCCCN(C)CCCNC(=O)Nc1ccc(Cc2ccc(NC(=O)NCCCN(C)CCCCCCC)cc2)cc1. The summed E-state index contributed by atoms with van der Waals surface area (Å²) < 4.78 is 0. The minimum absolute atomic E-state index is 0.169. The van der Waals surface area contributed by atoms with E-state index in [1.54, 1.807) is 0 Å². The predicted octanol–water partition coefficient (Wildman–Crippen LogP) is 8.11. The Morgan fingerprint density at radius 1 is 0.511 bits per heavy atom. The van der Waals surface area contributed by atoms with Crippen molar-refractivity contribution in [3.8, 4) is 0 Å². The van der Waals surface area contributed by atoms with Crippen molar-refractivity contribution in [3.05, 3.63) is 59.7 Å². The number of hydrogen-bond donors (Lipinski definition) is 4. The number of nitrogens with zero attached hydrogens (tertiary/aromatic N) is 2. The van der Waals surface area contributed by atoms with Crippen molar-refractivity contribution in [3.63, 3.8) is 0 Å². The van der Waals surface area contributed by atoms with Crippen LogP contribution in [0.1, 0.15) is 102 Å². The van der Waals surface area contributed by atoms with E-state index >= 15 is 0 Å². The second-order valence-electron chi connectivity index (χ2n) is 12.5. The highest BCUT2D eigenvalue weighted by atomic mass is 16.2. The van der Waals surface area contributed by atoms with Gasteiger partial charge in [0, 0.05) is 24.5 Å². The molecule has 8 nitrogen and oxygen atoms in total. The molecule has 252 valence electrons. The Kier molecular flexibility index (Phi) is 20.5. The molecule has 0 saturated heterocycles. The number of benzene rings is 2. The Balaban J connectivity index is 1.59.